The minimum atomic E-state index is -3.77. The number of halogens is 1. The Morgan fingerprint density at radius 3 is 2.67 bits per heavy atom. The highest BCUT2D eigenvalue weighted by Crippen LogP contribution is 2.17. The lowest BCUT2D eigenvalue weighted by Crippen LogP contribution is -2.36. The van der Waals surface area contributed by atoms with Crippen LogP contribution in [0.25, 0.3) is 0 Å². The van der Waals surface area contributed by atoms with Crippen molar-refractivity contribution in [1.29, 1.82) is 0 Å². The topological polar surface area (TPSA) is 91.7 Å². The van der Waals surface area contributed by atoms with Gasteiger partial charge in [0.15, 0.2) is 0 Å². The standard InChI is InChI=1S/C14H15ClN4O3S2/c1-10-17-12(9-23-10)7-16-18-14(20)8-19(2)24(21,22)13-5-3-11(15)4-6-13/h3-7,9H,8H2,1-2H3,(H,18,20)/b16-7-. The Kier molecular flexibility index (Phi) is 6.05. The molecule has 0 unspecified atom stereocenters. The lowest BCUT2D eigenvalue weighted by molar-refractivity contribution is -0.121. The maximum atomic E-state index is 12.3. The van der Waals surface area contributed by atoms with Crippen molar-refractivity contribution in [2.45, 2.75) is 11.8 Å². The molecule has 1 N–H and O–H groups in total. The number of aryl methyl sites for hydroxylation is 1. The lowest BCUT2D eigenvalue weighted by Gasteiger charge is -2.16. The maximum Gasteiger partial charge on any atom is 0.255 e. The largest absolute Gasteiger partial charge is 0.272 e. The Morgan fingerprint density at radius 1 is 1.42 bits per heavy atom. The van der Waals surface area contributed by atoms with E-state index in [0.29, 0.717) is 10.7 Å². The van der Waals surface area contributed by atoms with E-state index < -0.39 is 15.9 Å². The zero-order valence-corrected chi connectivity index (χ0v) is 15.3. The zero-order chi connectivity index (χ0) is 17.7. The molecule has 7 nitrogen and oxygen atoms in total. The summed E-state index contributed by atoms with van der Waals surface area (Å²) in [7, 11) is -2.46. The second-order valence-electron chi connectivity index (χ2n) is 4.80. The Balaban J connectivity index is 1.95. The summed E-state index contributed by atoms with van der Waals surface area (Å²) in [6.45, 7) is 1.50. The van der Waals surface area contributed by atoms with Crippen molar-refractivity contribution >= 4 is 45.1 Å². The van der Waals surface area contributed by atoms with Crippen molar-refractivity contribution in [3.63, 3.8) is 0 Å². The van der Waals surface area contributed by atoms with Gasteiger partial charge in [0.2, 0.25) is 10.0 Å². The summed E-state index contributed by atoms with van der Waals surface area (Å²) in [5.41, 5.74) is 2.90. The van der Waals surface area contributed by atoms with E-state index in [9.17, 15) is 13.2 Å². The van der Waals surface area contributed by atoms with Crippen LogP contribution in [0.15, 0.2) is 39.6 Å². The van der Waals surface area contributed by atoms with E-state index in [1.54, 1.807) is 5.38 Å². The molecule has 2 aromatic rings. The first-order valence-corrected chi connectivity index (χ1v) is 9.45. The third kappa shape index (κ3) is 4.84. The van der Waals surface area contributed by atoms with Crippen molar-refractivity contribution < 1.29 is 13.2 Å². The average Bonchev–Trinajstić information content (AvgIpc) is 2.93. The molecule has 0 saturated carbocycles. The number of hydrazone groups is 1. The summed E-state index contributed by atoms with van der Waals surface area (Å²) in [4.78, 5) is 16.0. The van der Waals surface area contributed by atoms with Crippen LogP contribution < -0.4 is 5.43 Å². The Hall–Kier alpha value is -1.81. The van der Waals surface area contributed by atoms with Gasteiger partial charge in [-0.2, -0.15) is 9.41 Å². The van der Waals surface area contributed by atoms with E-state index in [4.69, 9.17) is 11.6 Å². The zero-order valence-electron chi connectivity index (χ0n) is 12.9. The normalized spacial score (nSPS) is 12.0. The highest BCUT2D eigenvalue weighted by molar-refractivity contribution is 7.89. The van der Waals surface area contributed by atoms with Crippen LogP contribution in [0.5, 0.6) is 0 Å². The summed E-state index contributed by atoms with van der Waals surface area (Å²) in [5, 5.41) is 6.87. The third-order valence-corrected chi connectivity index (χ3v) is 5.77. The van der Waals surface area contributed by atoms with Crippen LogP contribution in [0.2, 0.25) is 5.02 Å². The molecule has 2 rings (SSSR count). The molecule has 0 spiro atoms. The van der Waals surface area contributed by atoms with E-state index in [0.717, 1.165) is 9.31 Å². The van der Waals surface area contributed by atoms with Gasteiger partial charge in [-0.15, -0.1) is 11.3 Å². The van der Waals surface area contributed by atoms with Crippen LogP contribution >= 0.6 is 22.9 Å². The Labute approximate surface area is 149 Å². The maximum absolute atomic E-state index is 12.3. The molecule has 128 valence electrons. The van der Waals surface area contributed by atoms with Crippen molar-refractivity contribution in [3.8, 4) is 0 Å². The summed E-state index contributed by atoms with van der Waals surface area (Å²) in [5.74, 6) is -0.557. The van der Waals surface area contributed by atoms with Gasteiger partial charge in [-0.05, 0) is 31.2 Å². The van der Waals surface area contributed by atoms with Gasteiger partial charge < -0.3 is 0 Å². The molecule has 1 heterocycles. The van der Waals surface area contributed by atoms with Gasteiger partial charge in [0.05, 0.1) is 28.4 Å². The Morgan fingerprint density at radius 2 is 2.08 bits per heavy atom. The van der Waals surface area contributed by atoms with Gasteiger partial charge in [0, 0.05) is 17.5 Å². The molecule has 0 atom stereocenters. The Bertz CT molecular complexity index is 847. The van der Waals surface area contributed by atoms with Crippen molar-refractivity contribution in [3.05, 3.63) is 45.4 Å². The summed E-state index contributed by atoms with van der Waals surface area (Å²) < 4.78 is 25.6. The van der Waals surface area contributed by atoms with E-state index in [2.05, 4.69) is 15.5 Å². The number of nitrogens with zero attached hydrogens (tertiary/aromatic N) is 3. The molecule has 0 aliphatic heterocycles. The molecule has 0 aliphatic rings. The van der Waals surface area contributed by atoms with Crippen LogP contribution in [0.1, 0.15) is 10.7 Å². The van der Waals surface area contributed by atoms with E-state index >= 15 is 0 Å². The highest BCUT2D eigenvalue weighted by atomic mass is 35.5. The third-order valence-electron chi connectivity index (χ3n) is 2.91. The van der Waals surface area contributed by atoms with Crippen molar-refractivity contribution in [2.75, 3.05) is 13.6 Å². The van der Waals surface area contributed by atoms with E-state index in [1.807, 2.05) is 6.92 Å². The quantitative estimate of drug-likeness (QED) is 0.606. The van der Waals surface area contributed by atoms with Gasteiger partial charge in [0.25, 0.3) is 5.91 Å². The minimum absolute atomic E-state index is 0.0589. The van der Waals surface area contributed by atoms with Gasteiger partial charge in [-0.3, -0.25) is 4.79 Å². The van der Waals surface area contributed by atoms with Gasteiger partial charge in [-0.25, -0.2) is 18.8 Å². The SMILES string of the molecule is Cc1nc(/C=N\NC(=O)CN(C)S(=O)(=O)c2ccc(Cl)cc2)cs1. The fourth-order valence-corrected chi connectivity index (χ4v) is 3.54. The number of carbonyl (C=O) groups is 1. The summed E-state index contributed by atoms with van der Waals surface area (Å²) in [6.07, 6.45) is 1.40. The fourth-order valence-electron chi connectivity index (χ4n) is 1.72. The number of carbonyl (C=O) groups excluding carboxylic acids is 1. The number of aromatic nitrogens is 1. The lowest BCUT2D eigenvalue weighted by atomic mass is 10.4. The highest BCUT2D eigenvalue weighted by Gasteiger charge is 2.22. The van der Waals surface area contributed by atoms with Crippen molar-refractivity contribution in [1.82, 2.24) is 14.7 Å². The molecule has 0 bridgehead atoms. The number of likely N-dealkylation sites (N-methyl/N-ethyl adjacent to an activating group) is 1. The second kappa shape index (κ2) is 7.84. The number of amides is 1. The molecule has 24 heavy (non-hydrogen) atoms. The summed E-state index contributed by atoms with van der Waals surface area (Å²) in [6, 6.07) is 5.72. The molecule has 0 aliphatic carbocycles. The molecule has 10 heteroatoms. The number of nitrogens with one attached hydrogen (secondary N) is 1. The first-order valence-electron chi connectivity index (χ1n) is 6.75. The molecule has 0 saturated heterocycles. The van der Waals surface area contributed by atoms with E-state index in [-0.39, 0.29) is 11.4 Å². The number of hydrogen-bond donors (Lipinski definition) is 1. The molecule has 0 fully saturated rings. The van der Waals surface area contributed by atoms with E-state index in [1.165, 1.54) is 48.9 Å². The fraction of sp³-hybridized carbons (Fsp3) is 0.214. The van der Waals surface area contributed by atoms with Crippen LogP contribution in [-0.2, 0) is 14.8 Å². The predicted molar refractivity (Wildman–Crippen MR) is 93.9 cm³/mol. The van der Waals surface area contributed by atoms with Gasteiger partial charge >= 0.3 is 0 Å². The average molecular weight is 387 g/mol. The second-order valence-corrected chi connectivity index (χ2v) is 8.34. The first kappa shape index (κ1) is 18.5. The van der Waals surface area contributed by atoms with Gasteiger partial charge in [0.1, 0.15) is 0 Å². The first-order chi connectivity index (χ1) is 11.3. The number of hydrogen-bond acceptors (Lipinski definition) is 6. The minimum Gasteiger partial charge on any atom is -0.272 e. The molecule has 1 aromatic carbocycles. The van der Waals surface area contributed by atoms with Gasteiger partial charge in [-0.1, -0.05) is 11.6 Å². The molecule has 1 aromatic heterocycles. The number of sulfonamides is 1. The smallest absolute Gasteiger partial charge is 0.255 e. The number of benzene rings is 1. The van der Waals surface area contributed by atoms with Crippen LogP contribution in [0.3, 0.4) is 0 Å². The molecular weight excluding hydrogens is 372 g/mol. The molecular formula is C14H15ClN4O3S2. The van der Waals surface area contributed by atoms with Crippen LogP contribution in [-0.4, -0.2) is 43.4 Å². The summed E-state index contributed by atoms with van der Waals surface area (Å²) >= 11 is 7.21. The predicted octanol–water partition coefficient (Wildman–Crippen LogP) is 1.88. The van der Waals surface area contributed by atoms with Crippen LogP contribution in [0, 0.1) is 6.92 Å². The van der Waals surface area contributed by atoms with Crippen molar-refractivity contribution in [2.24, 2.45) is 5.10 Å². The molecule has 1 amide bonds. The number of rotatable bonds is 6. The molecule has 0 radical (unpaired) electrons. The number of thiazole rings is 1. The van der Waals surface area contributed by atoms with Crippen LogP contribution in [0.4, 0.5) is 0 Å². The monoisotopic (exact) mass is 386 g/mol.